The molecule has 0 fully saturated rings. The molecule has 0 saturated heterocycles. The normalized spacial score (nSPS) is 11.7. The van der Waals surface area contributed by atoms with Crippen LogP contribution >= 0.6 is 10.7 Å². The van der Waals surface area contributed by atoms with Crippen LogP contribution in [0.5, 0.6) is 0 Å². The summed E-state index contributed by atoms with van der Waals surface area (Å²) in [6.45, 7) is 0.0914. The van der Waals surface area contributed by atoms with Gasteiger partial charge in [0.05, 0.1) is 6.33 Å². The van der Waals surface area contributed by atoms with Gasteiger partial charge in [-0.1, -0.05) is 0 Å². The predicted molar refractivity (Wildman–Crippen MR) is 60.7 cm³/mol. The van der Waals surface area contributed by atoms with E-state index in [2.05, 4.69) is 4.98 Å². The van der Waals surface area contributed by atoms with E-state index in [9.17, 15) is 17.2 Å². The van der Waals surface area contributed by atoms with E-state index in [1.54, 1.807) is 0 Å². The van der Waals surface area contributed by atoms with Gasteiger partial charge in [-0.3, -0.25) is 0 Å². The minimum absolute atomic E-state index is 0.0914. The number of nitrogens with zero attached hydrogens (tertiary/aromatic N) is 2. The first-order valence-electron chi connectivity index (χ1n) is 4.76. The molecular formula is C10H7ClF2N2O2S. The molecule has 0 atom stereocenters. The topological polar surface area (TPSA) is 52.0 Å². The molecule has 1 aromatic heterocycles. The molecule has 0 spiro atoms. The van der Waals surface area contributed by atoms with E-state index in [1.807, 2.05) is 0 Å². The molecule has 0 N–H and O–H groups in total. The molecule has 1 aromatic carbocycles. The smallest absolute Gasteiger partial charge is 0.280 e. The number of aromatic nitrogens is 2. The summed E-state index contributed by atoms with van der Waals surface area (Å²) in [5, 5.41) is -0.305. The molecule has 0 bridgehead atoms. The lowest BCUT2D eigenvalue weighted by Crippen LogP contribution is -1.98. The molecule has 0 aliphatic carbocycles. The van der Waals surface area contributed by atoms with Crippen molar-refractivity contribution in [1.29, 1.82) is 0 Å². The van der Waals surface area contributed by atoms with Gasteiger partial charge in [0.25, 0.3) is 9.05 Å². The van der Waals surface area contributed by atoms with Gasteiger partial charge >= 0.3 is 0 Å². The summed E-state index contributed by atoms with van der Waals surface area (Å²) in [6.07, 6.45) is 2.41. The second-order valence-corrected chi connectivity index (χ2v) is 6.11. The predicted octanol–water partition coefficient (Wildman–Crippen LogP) is 2.14. The number of benzene rings is 1. The Morgan fingerprint density at radius 1 is 1.22 bits per heavy atom. The third-order valence-corrected chi connectivity index (χ3v) is 3.33. The first-order valence-corrected chi connectivity index (χ1v) is 7.07. The highest BCUT2D eigenvalue weighted by atomic mass is 35.7. The van der Waals surface area contributed by atoms with Crippen molar-refractivity contribution < 1.29 is 17.2 Å². The lowest BCUT2D eigenvalue weighted by atomic mass is 10.2. The molecule has 96 valence electrons. The molecule has 4 nitrogen and oxygen atoms in total. The number of halogens is 3. The van der Waals surface area contributed by atoms with Crippen molar-refractivity contribution in [3.05, 3.63) is 47.9 Å². The fourth-order valence-electron chi connectivity index (χ4n) is 1.47. The van der Waals surface area contributed by atoms with Crippen LogP contribution in [0.4, 0.5) is 8.78 Å². The van der Waals surface area contributed by atoms with Crippen LogP contribution in [0.25, 0.3) is 0 Å². The van der Waals surface area contributed by atoms with Crippen LogP contribution in [0, 0.1) is 11.6 Å². The SMILES string of the molecule is O=S(=O)(Cl)c1cn(Cc2cc(F)cc(F)c2)cn1. The first-order chi connectivity index (χ1) is 8.34. The maximum Gasteiger partial charge on any atom is 0.280 e. The molecule has 1 heterocycles. The fraction of sp³-hybridized carbons (Fsp3) is 0.100. The van der Waals surface area contributed by atoms with Gasteiger partial charge in [-0.2, -0.15) is 0 Å². The lowest BCUT2D eigenvalue weighted by Gasteiger charge is -2.02. The van der Waals surface area contributed by atoms with Crippen LogP contribution in [0.1, 0.15) is 5.56 Å². The van der Waals surface area contributed by atoms with Gasteiger partial charge in [0.2, 0.25) is 0 Å². The van der Waals surface area contributed by atoms with E-state index in [-0.39, 0.29) is 11.6 Å². The van der Waals surface area contributed by atoms with Gasteiger partial charge in [0.15, 0.2) is 5.03 Å². The van der Waals surface area contributed by atoms with Crippen LogP contribution < -0.4 is 0 Å². The standard InChI is InChI=1S/C10H7ClF2N2O2S/c11-18(16,17)10-5-15(6-14-10)4-7-1-8(12)3-9(13)2-7/h1-3,5-6H,4H2. The largest absolute Gasteiger partial charge is 0.332 e. The highest BCUT2D eigenvalue weighted by molar-refractivity contribution is 8.13. The molecule has 18 heavy (non-hydrogen) atoms. The maximum absolute atomic E-state index is 12.9. The highest BCUT2D eigenvalue weighted by Crippen LogP contribution is 2.14. The highest BCUT2D eigenvalue weighted by Gasteiger charge is 2.13. The zero-order valence-electron chi connectivity index (χ0n) is 8.85. The van der Waals surface area contributed by atoms with E-state index >= 15 is 0 Å². The molecule has 0 aliphatic rings. The van der Waals surface area contributed by atoms with E-state index in [0.29, 0.717) is 5.56 Å². The Morgan fingerprint density at radius 3 is 2.33 bits per heavy atom. The van der Waals surface area contributed by atoms with Crippen molar-refractivity contribution in [1.82, 2.24) is 9.55 Å². The number of imidazole rings is 1. The summed E-state index contributed by atoms with van der Waals surface area (Å²) in [5.41, 5.74) is 0.350. The molecule has 0 aliphatic heterocycles. The summed E-state index contributed by atoms with van der Waals surface area (Å²) >= 11 is 0. The van der Waals surface area contributed by atoms with Crippen LogP contribution in [-0.4, -0.2) is 18.0 Å². The molecule has 0 saturated carbocycles. The zero-order chi connectivity index (χ0) is 13.3. The molecule has 0 unspecified atom stereocenters. The molecule has 2 aromatic rings. The molecular weight excluding hydrogens is 286 g/mol. The van der Waals surface area contributed by atoms with E-state index in [1.165, 1.54) is 17.1 Å². The Kier molecular flexibility index (Phi) is 3.36. The van der Waals surface area contributed by atoms with Gasteiger partial charge in [0.1, 0.15) is 11.6 Å². The monoisotopic (exact) mass is 292 g/mol. The number of hydrogen-bond donors (Lipinski definition) is 0. The van der Waals surface area contributed by atoms with Crippen molar-refractivity contribution in [2.45, 2.75) is 11.6 Å². The molecule has 0 amide bonds. The van der Waals surface area contributed by atoms with Gasteiger partial charge in [-0.15, -0.1) is 0 Å². The van der Waals surface area contributed by atoms with Gasteiger partial charge in [-0.25, -0.2) is 22.2 Å². The minimum Gasteiger partial charge on any atom is -0.332 e. The van der Waals surface area contributed by atoms with E-state index < -0.39 is 20.7 Å². The van der Waals surface area contributed by atoms with Gasteiger partial charge < -0.3 is 4.57 Å². The summed E-state index contributed by atoms with van der Waals surface area (Å²) in [6, 6.07) is 3.06. The average molecular weight is 293 g/mol. The van der Waals surface area contributed by atoms with Crippen molar-refractivity contribution >= 4 is 19.7 Å². The van der Waals surface area contributed by atoms with Crippen molar-refractivity contribution in [3.8, 4) is 0 Å². The second kappa shape index (κ2) is 4.66. The average Bonchev–Trinajstić information content (AvgIpc) is 2.63. The molecule has 0 radical (unpaired) electrons. The number of hydrogen-bond acceptors (Lipinski definition) is 3. The Balaban J connectivity index is 2.27. The summed E-state index contributed by atoms with van der Waals surface area (Å²) < 4.78 is 49.2. The minimum atomic E-state index is -3.90. The van der Waals surface area contributed by atoms with Crippen molar-refractivity contribution in [2.75, 3.05) is 0 Å². The number of rotatable bonds is 3. The van der Waals surface area contributed by atoms with Gasteiger partial charge in [0, 0.05) is 29.5 Å². The van der Waals surface area contributed by atoms with E-state index in [0.717, 1.165) is 18.2 Å². The quantitative estimate of drug-likeness (QED) is 0.815. The first kappa shape index (κ1) is 13.0. The second-order valence-electron chi connectivity index (χ2n) is 3.60. The fourth-order valence-corrected chi connectivity index (χ4v) is 2.14. The Hall–Kier alpha value is -1.47. The van der Waals surface area contributed by atoms with E-state index in [4.69, 9.17) is 10.7 Å². The summed E-state index contributed by atoms with van der Waals surface area (Å²) in [5.74, 6) is -1.40. The maximum atomic E-state index is 12.9. The Labute approximate surface area is 106 Å². The van der Waals surface area contributed by atoms with Crippen LogP contribution in [0.2, 0.25) is 0 Å². The lowest BCUT2D eigenvalue weighted by molar-refractivity contribution is 0.577. The molecule has 8 heteroatoms. The van der Waals surface area contributed by atoms with Crippen LogP contribution in [0.15, 0.2) is 35.7 Å². The third kappa shape index (κ3) is 3.05. The Bertz CT molecular complexity index is 665. The van der Waals surface area contributed by atoms with Gasteiger partial charge in [-0.05, 0) is 17.7 Å². The molecule has 2 rings (SSSR count). The third-order valence-electron chi connectivity index (χ3n) is 2.15. The summed E-state index contributed by atoms with van der Waals surface area (Å²) in [7, 11) is 1.20. The Morgan fingerprint density at radius 2 is 1.83 bits per heavy atom. The van der Waals surface area contributed by atoms with Crippen LogP contribution in [-0.2, 0) is 15.6 Å². The summed E-state index contributed by atoms with van der Waals surface area (Å²) in [4.78, 5) is 3.58. The zero-order valence-corrected chi connectivity index (χ0v) is 10.4. The van der Waals surface area contributed by atoms with Crippen molar-refractivity contribution in [3.63, 3.8) is 0 Å². The van der Waals surface area contributed by atoms with Crippen molar-refractivity contribution in [2.24, 2.45) is 0 Å². The van der Waals surface area contributed by atoms with Crippen LogP contribution in [0.3, 0.4) is 0 Å².